The molecule has 0 aromatic heterocycles. The summed E-state index contributed by atoms with van der Waals surface area (Å²) >= 11 is 0. The van der Waals surface area contributed by atoms with Crippen LogP contribution in [0.2, 0.25) is 0 Å². The van der Waals surface area contributed by atoms with Gasteiger partial charge in [-0.1, -0.05) is 18.2 Å². The molecule has 0 amide bonds. The minimum Gasteiger partial charge on any atom is -0.497 e. The van der Waals surface area contributed by atoms with E-state index in [0.717, 1.165) is 10.8 Å². The van der Waals surface area contributed by atoms with Crippen molar-refractivity contribution in [3.05, 3.63) is 42.0 Å². The first-order valence-corrected chi connectivity index (χ1v) is 6.78. The van der Waals surface area contributed by atoms with E-state index in [4.69, 9.17) is 10.5 Å². The Morgan fingerprint density at radius 3 is 2.50 bits per heavy atom. The fourth-order valence-corrected chi connectivity index (χ4v) is 2.13. The molecule has 22 heavy (non-hydrogen) atoms. The lowest BCUT2D eigenvalue weighted by Gasteiger charge is -2.22. The van der Waals surface area contributed by atoms with E-state index in [1.165, 1.54) is 19.1 Å². The number of fused-ring (bicyclic) bond motifs is 1. The Kier molecular flexibility index (Phi) is 4.61. The number of halogens is 2. The van der Waals surface area contributed by atoms with Crippen LogP contribution in [0.5, 0.6) is 5.75 Å². The van der Waals surface area contributed by atoms with Crippen LogP contribution < -0.4 is 10.5 Å². The van der Waals surface area contributed by atoms with Crippen molar-refractivity contribution in [2.24, 2.45) is 5.73 Å². The van der Waals surface area contributed by atoms with Crippen LogP contribution >= 0.6 is 0 Å². The second-order valence-corrected chi connectivity index (χ2v) is 4.79. The summed E-state index contributed by atoms with van der Waals surface area (Å²) in [5.74, 6) is -4.73. The number of ether oxygens (including phenoxy) is 2. The number of carbonyl (C=O) groups is 1. The van der Waals surface area contributed by atoms with E-state index in [1.54, 1.807) is 31.4 Å². The quantitative estimate of drug-likeness (QED) is 0.862. The largest absolute Gasteiger partial charge is 0.497 e. The molecule has 0 fully saturated rings. The molecule has 118 valence electrons. The summed E-state index contributed by atoms with van der Waals surface area (Å²) in [7, 11) is 1.55. The highest BCUT2D eigenvalue weighted by Crippen LogP contribution is 2.32. The summed E-state index contributed by atoms with van der Waals surface area (Å²) < 4.78 is 37.5. The van der Waals surface area contributed by atoms with Gasteiger partial charge in [0.25, 0.3) is 0 Å². The van der Waals surface area contributed by atoms with Gasteiger partial charge in [0, 0.05) is 0 Å². The zero-order chi connectivity index (χ0) is 16.3. The highest BCUT2D eigenvalue weighted by molar-refractivity contribution is 5.85. The predicted molar refractivity (Wildman–Crippen MR) is 79.0 cm³/mol. The van der Waals surface area contributed by atoms with Gasteiger partial charge >= 0.3 is 11.9 Å². The van der Waals surface area contributed by atoms with E-state index in [2.05, 4.69) is 4.74 Å². The Bertz CT molecular complexity index is 688. The normalized spacial score (nSPS) is 13.0. The van der Waals surface area contributed by atoms with Gasteiger partial charge in [0.05, 0.1) is 13.7 Å². The number of esters is 1. The lowest BCUT2D eigenvalue weighted by molar-refractivity contribution is -0.174. The maximum atomic E-state index is 14.0. The Morgan fingerprint density at radius 2 is 1.86 bits per heavy atom. The molecule has 0 saturated carbocycles. The Hall–Kier alpha value is -2.21. The molecule has 0 heterocycles. The molecule has 2 N–H and O–H groups in total. The highest BCUT2D eigenvalue weighted by Gasteiger charge is 2.47. The predicted octanol–water partition coefficient (Wildman–Crippen LogP) is 3.05. The molecule has 6 heteroatoms. The number of hydrogen-bond acceptors (Lipinski definition) is 4. The minimum atomic E-state index is -3.78. The van der Waals surface area contributed by atoms with E-state index < -0.39 is 17.9 Å². The molecule has 0 spiro atoms. The topological polar surface area (TPSA) is 61.5 Å². The molecular weight excluding hydrogens is 292 g/mol. The molecular formula is C16H17F2NO3. The van der Waals surface area contributed by atoms with Crippen molar-refractivity contribution < 1.29 is 23.0 Å². The van der Waals surface area contributed by atoms with Gasteiger partial charge < -0.3 is 15.2 Å². The van der Waals surface area contributed by atoms with Gasteiger partial charge in [-0.05, 0) is 41.5 Å². The Labute approximate surface area is 126 Å². The molecule has 2 aromatic carbocycles. The van der Waals surface area contributed by atoms with Crippen molar-refractivity contribution >= 4 is 16.7 Å². The number of carbonyl (C=O) groups excluding carboxylic acids is 1. The smallest absolute Gasteiger partial charge is 0.379 e. The maximum absolute atomic E-state index is 14.0. The summed E-state index contributed by atoms with van der Waals surface area (Å²) in [6, 6.07) is 8.15. The Morgan fingerprint density at radius 1 is 1.23 bits per heavy atom. The fourth-order valence-electron chi connectivity index (χ4n) is 2.13. The molecule has 0 radical (unpaired) electrons. The zero-order valence-electron chi connectivity index (χ0n) is 12.3. The average molecular weight is 309 g/mol. The standard InChI is InChI=1S/C16H17F2NO3/c1-3-22-15(20)16(17,18)14(19)12-5-4-11-9-13(21-2)7-6-10(11)8-12/h4-9,14H,3,19H2,1-2H3/t14-/m1/s1. The third-order valence-electron chi connectivity index (χ3n) is 3.37. The summed E-state index contributed by atoms with van der Waals surface area (Å²) in [5, 5.41) is 1.56. The molecule has 0 unspecified atom stereocenters. The number of benzene rings is 2. The first kappa shape index (κ1) is 16.2. The van der Waals surface area contributed by atoms with Crippen LogP contribution in [-0.4, -0.2) is 25.6 Å². The van der Waals surface area contributed by atoms with E-state index in [-0.39, 0.29) is 12.2 Å². The molecule has 2 rings (SSSR count). The van der Waals surface area contributed by atoms with Gasteiger partial charge in [0.1, 0.15) is 11.8 Å². The fraction of sp³-hybridized carbons (Fsp3) is 0.312. The van der Waals surface area contributed by atoms with Crippen LogP contribution in [0.15, 0.2) is 36.4 Å². The average Bonchev–Trinajstić information content (AvgIpc) is 2.53. The van der Waals surface area contributed by atoms with E-state index >= 15 is 0 Å². The molecule has 0 aliphatic carbocycles. The molecule has 1 atom stereocenters. The van der Waals surface area contributed by atoms with Gasteiger partial charge in [0.2, 0.25) is 0 Å². The first-order chi connectivity index (χ1) is 10.4. The second kappa shape index (κ2) is 6.27. The van der Waals surface area contributed by atoms with E-state index in [0.29, 0.717) is 5.75 Å². The van der Waals surface area contributed by atoms with Gasteiger partial charge in [-0.25, -0.2) is 4.79 Å². The van der Waals surface area contributed by atoms with Gasteiger partial charge in [-0.15, -0.1) is 0 Å². The van der Waals surface area contributed by atoms with Gasteiger partial charge in [0.15, 0.2) is 0 Å². The van der Waals surface area contributed by atoms with Crippen molar-refractivity contribution in [2.75, 3.05) is 13.7 Å². The lowest BCUT2D eigenvalue weighted by Crippen LogP contribution is -2.41. The zero-order valence-corrected chi connectivity index (χ0v) is 12.3. The second-order valence-electron chi connectivity index (χ2n) is 4.79. The lowest BCUT2D eigenvalue weighted by atomic mass is 9.98. The molecule has 2 aromatic rings. The summed E-state index contributed by atoms with van der Waals surface area (Å²) in [5.41, 5.74) is 5.74. The van der Waals surface area contributed by atoms with Crippen LogP contribution in [0.4, 0.5) is 8.78 Å². The number of hydrogen-bond donors (Lipinski definition) is 1. The Balaban J connectivity index is 2.35. The van der Waals surface area contributed by atoms with Crippen LogP contribution in [0.1, 0.15) is 18.5 Å². The van der Waals surface area contributed by atoms with Crippen LogP contribution in [0.25, 0.3) is 10.8 Å². The van der Waals surface area contributed by atoms with Crippen LogP contribution in [0, 0.1) is 0 Å². The summed E-state index contributed by atoms with van der Waals surface area (Å²) in [6.07, 6.45) is 0. The molecule has 0 aliphatic rings. The van der Waals surface area contributed by atoms with Crippen molar-refractivity contribution in [1.29, 1.82) is 0 Å². The van der Waals surface area contributed by atoms with Gasteiger partial charge in [-0.3, -0.25) is 0 Å². The van der Waals surface area contributed by atoms with Crippen molar-refractivity contribution in [3.8, 4) is 5.75 Å². The van der Waals surface area contributed by atoms with Crippen molar-refractivity contribution in [1.82, 2.24) is 0 Å². The maximum Gasteiger partial charge on any atom is 0.379 e. The number of nitrogens with two attached hydrogens (primary N) is 1. The summed E-state index contributed by atoms with van der Waals surface area (Å²) in [6.45, 7) is 1.33. The SMILES string of the molecule is CCOC(=O)C(F)(F)[C@H](N)c1ccc2cc(OC)ccc2c1. The number of alkyl halides is 2. The number of rotatable bonds is 5. The monoisotopic (exact) mass is 309 g/mol. The molecule has 0 aliphatic heterocycles. The van der Waals surface area contributed by atoms with Crippen LogP contribution in [-0.2, 0) is 9.53 Å². The summed E-state index contributed by atoms with van der Waals surface area (Å²) in [4.78, 5) is 11.4. The van der Waals surface area contributed by atoms with Gasteiger partial charge in [-0.2, -0.15) is 8.78 Å². The third-order valence-corrected chi connectivity index (χ3v) is 3.37. The number of methoxy groups -OCH3 is 1. The van der Waals surface area contributed by atoms with E-state index in [9.17, 15) is 13.6 Å². The minimum absolute atomic E-state index is 0.126. The van der Waals surface area contributed by atoms with Crippen LogP contribution in [0.3, 0.4) is 0 Å². The molecule has 0 saturated heterocycles. The van der Waals surface area contributed by atoms with Crippen molar-refractivity contribution in [3.63, 3.8) is 0 Å². The van der Waals surface area contributed by atoms with E-state index in [1.807, 2.05) is 0 Å². The molecule has 0 bridgehead atoms. The van der Waals surface area contributed by atoms with Crippen molar-refractivity contribution in [2.45, 2.75) is 18.9 Å². The molecule has 4 nitrogen and oxygen atoms in total. The highest BCUT2D eigenvalue weighted by atomic mass is 19.3. The first-order valence-electron chi connectivity index (χ1n) is 6.78. The third kappa shape index (κ3) is 3.01.